The highest BCUT2D eigenvalue weighted by Gasteiger charge is 2.38. The van der Waals surface area contributed by atoms with Gasteiger partial charge in [0.25, 0.3) is 0 Å². The molecule has 0 spiro atoms. The van der Waals surface area contributed by atoms with Crippen LogP contribution in [0.15, 0.2) is 30.6 Å². The van der Waals surface area contributed by atoms with Crippen molar-refractivity contribution in [3.05, 3.63) is 30.6 Å². The summed E-state index contributed by atoms with van der Waals surface area (Å²) in [6, 6.07) is 6.33. The molecule has 0 aliphatic carbocycles. The summed E-state index contributed by atoms with van der Waals surface area (Å²) < 4.78 is 2.45. The molecule has 0 N–H and O–H groups in total. The zero-order chi connectivity index (χ0) is 9.19. The van der Waals surface area contributed by atoms with E-state index in [1.165, 1.54) is 0 Å². The van der Waals surface area contributed by atoms with Gasteiger partial charge in [-0.1, -0.05) is 19.2 Å². The van der Waals surface area contributed by atoms with Crippen LogP contribution in [0, 0.1) is 0 Å². The van der Waals surface area contributed by atoms with Gasteiger partial charge in [0.2, 0.25) is 0 Å². The molecule has 0 unspecified atom stereocenters. The molecule has 1 aromatic heterocycles. The van der Waals surface area contributed by atoms with Gasteiger partial charge >= 0.3 is 7.75 Å². The molecule has 0 aliphatic rings. The molecule has 0 amide bonds. The zero-order valence-electron chi connectivity index (χ0n) is 8.33. The third kappa shape index (κ3) is 1.84. The van der Waals surface area contributed by atoms with Crippen molar-refractivity contribution in [2.45, 2.75) is 26.2 Å². The number of pyridine rings is 1. The van der Waals surface area contributed by atoms with Crippen molar-refractivity contribution in [1.82, 2.24) is 0 Å². The maximum absolute atomic E-state index is 2.45. The van der Waals surface area contributed by atoms with Gasteiger partial charge in [-0.2, -0.15) is 0 Å². The van der Waals surface area contributed by atoms with Crippen LogP contribution in [0.1, 0.15) is 0 Å². The molecule has 1 rings (SSSR count). The van der Waals surface area contributed by atoms with Crippen LogP contribution in [0.25, 0.3) is 0 Å². The molecule has 1 aromatic rings. The number of rotatable bonds is 2. The van der Waals surface area contributed by atoms with Gasteiger partial charge in [-0.05, 0) is 25.2 Å². The molecule has 12 heavy (non-hydrogen) atoms. The maximum atomic E-state index is 2.45. The minimum absolute atomic E-state index is 0.161. The van der Waals surface area contributed by atoms with E-state index in [1.54, 1.807) is 0 Å². The summed E-state index contributed by atoms with van der Waals surface area (Å²) in [5.74, 6) is 0. The number of hydrogen-bond donors (Lipinski definition) is 0. The molecule has 0 saturated heterocycles. The van der Waals surface area contributed by atoms with Crippen molar-refractivity contribution in [3.8, 4) is 0 Å². The molecule has 1 radical (unpaired) electrons. The second-order valence-electron chi connectivity index (χ2n) is 3.84. The predicted molar refractivity (Wildman–Crippen MR) is 57.0 cm³/mol. The van der Waals surface area contributed by atoms with Crippen molar-refractivity contribution in [2.24, 2.45) is 0 Å². The third-order valence-corrected chi connectivity index (χ3v) is 14.7. The molecule has 0 aromatic carbocycles. The summed E-state index contributed by atoms with van der Waals surface area (Å²) >= 11 is 0. The molecule has 3 heteroatoms. The fraction of sp³-hybridized carbons (Fsp3) is 0.444. The van der Waals surface area contributed by atoms with E-state index < -0.39 is 7.75 Å². The van der Waals surface area contributed by atoms with E-state index in [0.29, 0.717) is 0 Å². The van der Waals surface area contributed by atoms with Crippen LogP contribution < -0.4 is 4.23 Å². The SMILES string of the molecule is C[Si](C)[Si](C)(C)[n+]1ccccc1. The van der Waals surface area contributed by atoms with Crippen molar-refractivity contribution < 1.29 is 4.23 Å². The normalized spacial score (nSPS) is 12.1. The lowest BCUT2D eigenvalue weighted by Gasteiger charge is -2.17. The number of nitrogens with zero attached hydrogens (tertiary/aromatic N) is 1. The third-order valence-electron chi connectivity index (χ3n) is 2.58. The fourth-order valence-electron chi connectivity index (χ4n) is 1.03. The lowest BCUT2D eigenvalue weighted by molar-refractivity contribution is -0.541. The summed E-state index contributed by atoms with van der Waals surface area (Å²) in [5.41, 5.74) is 0. The number of aromatic nitrogens is 1. The first-order chi connectivity index (χ1) is 5.55. The molecule has 1 nitrogen and oxygen atoms in total. The lowest BCUT2D eigenvalue weighted by Crippen LogP contribution is -2.67. The largest absolute Gasteiger partial charge is 0.330 e. The van der Waals surface area contributed by atoms with Crippen LogP contribution in [0.5, 0.6) is 0 Å². The topological polar surface area (TPSA) is 3.88 Å². The van der Waals surface area contributed by atoms with Crippen molar-refractivity contribution >= 4 is 16.1 Å². The average molecular weight is 195 g/mol. The molecule has 0 saturated carbocycles. The summed E-state index contributed by atoms with van der Waals surface area (Å²) in [5, 5.41) is 0. The van der Waals surface area contributed by atoms with E-state index in [2.05, 4.69) is 61.0 Å². The summed E-state index contributed by atoms with van der Waals surface area (Å²) in [6.07, 6.45) is 4.42. The van der Waals surface area contributed by atoms with Crippen LogP contribution in [0.4, 0.5) is 0 Å². The Labute approximate surface area is 77.5 Å². The van der Waals surface area contributed by atoms with Crippen molar-refractivity contribution in [2.75, 3.05) is 0 Å². The maximum Gasteiger partial charge on any atom is 0.330 e. The molecular weight excluding hydrogens is 178 g/mol. The van der Waals surface area contributed by atoms with E-state index in [0.717, 1.165) is 0 Å². The molecular formula is C9H17NSi2+. The summed E-state index contributed by atoms with van der Waals surface area (Å²) in [7, 11) is -1.30. The zero-order valence-corrected chi connectivity index (χ0v) is 10.3. The first-order valence-corrected chi connectivity index (χ1v) is 10.8. The highest BCUT2D eigenvalue weighted by atomic mass is 29.2. The second kappa shape index (κ2) is 3.53. The fourth-order valence-corrected chi connectivity index (χ4v) is 4.46. The Hall–Kier alpha value is -0.416. The van der Waals surface area contributed by atoms with Crippen LogP contribution >= 0.6 is 0 Å². The highest BCUT2D eigenvalue weighted by molar-refractivity contribution is 7.27. The van der Waals surface area contributed by atoms with Gasteiger partial charge in [-0.15, -0.1) is 0 Å². The van der Waals surface area contributed by atoms with Gasteiger partial charge in [-0.3, -0.25) is 4.23 Å². The molecule has 0 bridgehead atoms. The van der Waals surface area contributed by atoms with Gasteiger partial charge in [0.15, 0.2) is 0 Å². The Morgan fingerprint density at radius 2 is 1.50 bits per heavy atom. The average Bonchev–Trinajstić information content (AvgIpc) is 2.06. The molecule has 1 heterocycles. The predicted octanol–water partition coefficient (Wildman–Crippen LogP) is 1.86. The Morgan fingerprint density at radius 1 is 1.00 bits per heavy atom. The van der Waals surface area contributed by atoms with Crippen molar-refractivity contribution in [1.29, 1.82) is 0 Å². The van der Waals surface area contributed by atoms with Crippen LogP contribution in [-0.2, 0) is 0 Å². The number of hydrogen-bond acceptors (Lipinski definition) is 0. The first kappa shape index (κ1) is 9.67. The van der Waals surface area contributed by atoms with Gasteiger partial charge in [0.1, 0.15) is 20.7 Å². The van der Waals surface area contributed by atoms with Crippen LogP contribution in [0.3, 0.4) is 0 Å². The Kier molecular flexibility index (Phi) is 2.85. The summed E-state index contributed by atoms with van der Waals surface area (Å²) in [4.78, 5) is 0. The van der Waals surface area contributed by atoms with E-state index in [1.807, 2.05) is 0 Å². The Bertz CT molecular complexity index is 244. The minimum Gasteiger partial charge on any atom is -0.283 e. The monoisotopic (exact) mass is 195 g/mol. The first-order valence-electron chi connectivity index (χ1n) is 4.32. The van der Waals surface area contributed by atoms with Gasteiger partial charge in [-0.25, -0.2) is 0 Å². The molecule has 0 atom stereocenters. The van der Waals surface area contributed by atoms with Crippen LogP contribution in [-0.4, -0.2) is 16.1 Å². The van der Waals surface area contributed by atoms with E-state index in [4.69, 9.17) is 0 Å². The van der Waals surface area contributed by atoms with Gasteiger partial charge in [0, 0.05) is 0 Å². The molecule has 0 aliphatic heterocycles. The van der Waals surface area contributed by atoms with Crippen molar-refractivity contribution in [3.63, 3.8) is 0 Å². The molecule has 0 fully saturated rings. The van der Waals surface area contributed by atoms with Gasteiger partial charge < -0.3 is 0 Å². The standard InChI is InChI=1S/C9H17NSi2/c1-11(2)12(3,4)10-8-6-5-7-9-10/h5-9H,1-4H3/q+1. The molecule has 65 valence electrons. The lowest BCUT2D eigenvalue weighted by atomic mass is 10.5. The summed E-state index contributed by atoms with van der Waals surface area (Å²) in [6.45, 7) is 9.72. The van der Waals surface area contributed by atoms with Gasteiger partial charge in [0.05, 0.1) is 0 Å². The quantitative estimate of drug-likeness (QED) is 0.634. The van der Waals surface area contributed by atoms with E-state index in [-0.39, 0.29) is 8.31 Å². The van der Waals surface area contributed by atoms with E-state index in [9.17, 15) is 0 Å². The smallest absolute Gasteiger partial charge is 0.283 e. The van der Waals surface area contributed by atoms with E-state index >= 15 is 0 Å². The highest BCUT2D eigenvalue weighted by Crippen LogP contribution is 2.01. The Morgan fingerprint density at radius 3 is 1.92 bits per heavy atom. The van der Waals surface area contributed by atoms with Crippen LogP contribution in [0.2, 0.25) is 26.2 Å². The second-order valence-corrected chi connectivity index (χ2v) is 16.1. The Balaban J connectivity index is 2.98. The minimum atomic E-state index is -1.14.